The van der Waals surface area contributed by atoms with Gasteiger partial charge < -0.3 is 20.7 Å². The minimum Gasteiger partial charge on any atom is -0.481 e. The average molecular weight is 436 g/mol. The van der Waals surface area contributed by atoms with Gasteiger partial charge in [0.2, 0.25) is 5.91 Å². The van der Waals surface area contributed by atoms with Crippen LogP contribution in [-0.4, -0.2) is 48.8 Å². The number of fused-ring (bicyclic) bond motifs is 2. The van der Waals surface area contributed by atoms with Gasteiger partial charge in [-0.25, -0.2) is 9.78 Å². The van der Waals surface area contributed by atoms with Crippen LogP contribution in [0.15, 0.2) is 18.2 Å². The Balaban J connectivity index is 1.65. The monoisotopic (exact) mass is 436 g/mol. The molecule has 32 heavy (non-hydrogen) atoms. The number of carbonyl (C=O) groups excluding carboxylic acids is 2. The molecule has 166 valence electrons. The van der Waals surface area contributed by atoms with Crippen LogP contribution >= 0.6 is 0 Å². The summed E-state index contributed by atoms with van der Waals surface area (Å²) in [6.07, 6.45) is 0.837. The topological polar surface area (TPSA) is 147 Å². The van der Waals surface area contributed by atoms with Gasteiger partial charge in [0.1, 0.15) is 11.1 Å². The molecule has 2 aromatic heterocycles. The molecule has 1 aliphatic carbocycles. The molecule has 0 unspecified atom stereocenters. The molecule has 5 rings (SSSR count). The van der Waals surface area contributed by atoms with Crippen molar-refractivity contribution in [2.45, 2.75) is 57.4 Å². The van der Waals surface area contributed by atoms with Crippen molar-refractivity contribution in [3.8, 4) is 11.5 Å². The van der Waals surface area contributed by atoms with Gasteiger partial charge in [-0.1, -0.05) is 0 Å². The summed E-state index contributed by atoms with van der Waals surface area (Å²) >= 11 is 0. The lowest BCUT2D eigenvalue weighted by atomic mass is 9.86. The Bertz CT molecular complexity index is 1330. The van der Waals surface area contributed by atoms with Gasteiger partial charge in [-0.15, -0.1) is 0 Å². The molecule has 3 heterocycles. The van der Waals surface area contributed by atoms with Crippen molar-refractivity contribution in [3.05, 3.63) is 29.5 Å². The molecule has 0 spiro atoms. The molecule has 2 aliphatic rings. The molecular formula is C22H24N6O4. The highest BCUT2D eigenvalue weighted by molar-refractivity contribution is 6.09. The number of hydrogen-bond acceptors (Lipinski definition) is 5. The smallest absolute Gasteiger partial charge is 0.339 e. The number of rotatable bonds is 4. The third-order valence-electron chi connectivity index (χ3n) is 6.61. The Hall–Kier alpha value is -3.69. The lowest BCUT2D eigenvalue weighted by Gasteiger charge is -2.24. The number of aliphatic carboxylic acids is 1. The molecule has 1 aliphatic heterocycles. The second-order valence-electron chi connectivity index (χ2n) is 9.42. The maximum absolute atomic E-state index is 13.0. The molecule has 3 aromatic rings. The van der Waals surface area contributed by atoms with Crippen LogP contribution in [0.2, 0.25) is 0 Å². The van der Waals surface area contributed by atoms with E-state index >= 15 is 0 Å². The van der Waals surface area contributed by atoms with Crippen LogP contribution in [-0.2, 0) is 20.4 Å². The van der Waals surface area contributed by atoms with E-state index in [0.717, 1.165) is 21.4 Å². The molecular weight excluding hydrogens is 412 g/mol. The van der Waals surface area contributed by atoms with Crippen molar-refractivity contribution in [3.63, 3.8) is 0 Å². The quantitative estimate of drug-likeness (QED) is 0.572. The first kappa shape index (κ1) is 20.2. The van der Waals surface area contributed by atoms with E-state index < -0.39 is 22.8 Å². The number of carboxylic acid groups (broad SMARTS) is 1. The fraction of sp³-hybridized carbons (Fsp3) is 0.409. The Morgan fingerprint density at radius 3 is 2.47 bits per heavy atom. The molecule has 10 nitrogen and oxygen atoms in total. The van der Waals surface area contributed by atoms with E-state index in [4.69, 9.17) is 5.73 Å². The van der Waals surface area contributed by atoms with Crippen molar-refractivity contribution in [1.82, 2.24) is 19.7 Å². The van der Waals surface area contributed by atoms with E-state index in [1.807, 2.05) is 39.8 Å². The van der Waals surface area contributed by atoms with Gasteiger partial charge in [0.25, 0.3) is 0 Å². The number of primary amides is 1. The summed E-state index contributed by atoms with van der Waals surface area (Å²) in [5.41, 5.74) is 7.34. The third-order valence-corrected chi connectivity index (χ3v) is 6.61. The molecule has 1 saturated carbocycles. The van der Waals surface area contributed by atoms with Crippen LogP contribution < -0.4 is 10.6 Å². The van der Waals surface area contributed by atoms with Crippen LogP contribution in [0.4, 0.5) is 10.5 Å². The summed E-state index contributed by atoms with van der Waals surface area (Å²) in [7, 11) is 0. The molecule has 0 atom stereocenters. The highest BCUT2D eigenvalue weighted by Gasteiger charge is 2.55. The molecule has 0 saturated heterocycles. The molecule has 0 bridgehead atoms. The zero-order chi connectivity index (χ0) is 23.2. The molecule has 0 radical (unpaired) electrons. The normalized spacial score (nSPS) is 18.4. The summed E-state index contributed by atoms with van der Waals surface area (Å²) in [6.45, 7) is 7.75. The molecule has 1 aromatic carbocycles. The van der Waals surface area contributed by atoms with E-state index in [9.17, 15) is 19.5 Å². The van der Waals surface area contributed by atoms with Gasteiger partial charge in [-0.3, -0.25) is 9.59 Å². The molecule has 1 fully saturated rings. The van der Waals surface area contributed by atoms with Gasteiger partial charge in [0, 0.05) is 6.04 Å². The molecule has 10 heteroatoms. The number of carbonyl (C=O) groups is 3. The van der Waals surface area contributed by atoms with Crippen molar-refractivity contribution in [2.24, 2.45) is 5.73 Å². The van der Waals surface area contributed by atoms with Gasteiger partial charge >= 0.3 is 12.0 Å². The lowest BCUT2D eigenvalue weighted by molar-refractivity contribution is -0.140. The van der Waals surface area contributed by atoms with E-state index in [1.165, 1.54) is 0 Å². The molecule has 4 N–H and O–H groups in total. The summed E-state index contributed by atoms with van der Waals surface area (Å²) in [6, 6.07) is 4.52. The van der Waals surface area contributed by atoms with Crippen LogP contribution in [0.5, 0.6) is 0 Å². The Morgan fingerprint density at radius 1 is 1.22 bits per heavy atom. The number of amides is 2. The maximum atomic E-state index is 13.0. The van der Waals surface area contributed by atoms with E-state index in [0.29, 0.717) is 29.9 Å². The van der Waals surface area contributed by atoms with E-state index in [1.54, 1.807) is 11.0 Å². The van der Waals surface area contributed by atoms with Crippen LogP contribution in [0.3, 0.4) is 0 Å². The van der Waals surface area contributed by atoms with Crippen LogP contribution in [0.1, 0.15) is 51.8 Å². The van der Waals surface area contributed by atoms with Crippen LogP contribution in [0.25, 0.3) is 22.6 Å². The van der Waals surface area contributed by atoms with Crippen molar-refractivity contribution in [2.75, 3.05) is 4.90 Å². The van der Waals surface area contributed by atoms with Crippen molar-refractivity contribution in [1.29, 1.82) is 0 Å². The zero-order valence-electron chi connectivity index (χ0n) is 18.3. The standard InChI is InChI=1S/C22H24N6O4/c1-10(2)27-15-8-13-12(7-11(15)21(3,4)18(27)29)24-17(25-13)14-9-16(28(26-14)20(23)32)22(5-6-22)19(30)31/h7-10H,5-6H2,1-4H3,(H2,23,32)(H,24,25)(H,30,31). The van der Waals surface area contributed by atoms with E-state index in [-0.39, 0.29) is 17.6 Å². The predicted octanol–water partition coefficient (Wildman–Crippen LogP) is 2.50. The summed E-state index contributed by atoms with van der Waals surface area (Å²) in [5, 5.41) is 13.9. The Morgan fingerprint density at radius 2 is 1.91 bits per heavy atom. The minimum atomic E-state index is -1.14. The lowest BCUT2D eigenvalue weighted by Crippen LogP contribution is -2.40. The van der Waals surface area contributed by atoms with Gasteiger partial charge in [0.15, 0.2) is 5.82 Å². The SMILES string of the molecule is CC(C)N1C(=O)C(C)(C)c2cc3[nH]c(-c4cc(C5(C(=O)O)CC5)n(C(N)=O)n4)nc3cc21. The highest BCUT2D eigenvalue weighted by Crippen LogP contribution is 2.49. The second kappa shape index (κ2) is 6.18. The number of nitrogens with zero attached hydrogens (tertiary/aromatic N) is 4. The van der Waals surface area contributed by atoms with Gasteiger partial charge in [-0.2, -0.15) is 9.78 Å². The number of H-pyrrole nitrogens is 1. The van der Waals surface area contributed by atoms with Crippen molar-refractivity contribution < 1.29 is 19.5 Å². The summed E-state index contributed by atoms with van der Waals surface area (Å²) in [5.74, 6) is -0.567. The summed E-state index contributed by atoms with van der Waals surface area (Å²) < 4.78 is 0.950. The van der Waals surface area contributed by atoms with Crippen molar-refractivity contribution >= 4 is 34.6 Å². The maximum Gasteiger partial charge on any atom is 0.339 e. The summed E-state index contributed by atoms with van der Waals surface area (Å²) in [4.78, 5) is 46.3. The number of benzene rings is 1. The average Bonchev–Trinajstić information content (AvgIpc) is 3.14. The van der Waals surface area contributed by atoms with Gasteiger partial charge in [0.05, 0.1) is 27.8 Å². The van der Waals surface area contributed by atoms with Crippen LogP contribution in [0, 0.1) is 0 Å². The highest BCUT2D eigenvalue weighted by atomic mass is 16.4. The Labute approximate surface area is 183 Å². The zero-order valence-corrected chi connectivity index (χ0v) is 18.3. The largest absolute Gasteiger partial charge is 0.481 e. The third kappa shape index (κ3) is 2.55. The number of aromatic nitrogens is 4. The van der Waals surface area contributed by atoms with E-state index in [2.05, 4.69) is 15.1 Å². The fourth-order valence-corrected chi connectivity index (χ4v) is 4.62. The number of nitrogens with two attached hydrogens (primary N) is 1. The Kier molecular flexibility index (Phi) is 3.91. The first-order valence-corrected chi connectivity index (χ1v) is 10.5. The minimum absolute atomic E-state index is 0.00143. The second-order valence-corrected chi connectivity index (χ2v) is 9.42. The first-order valence-electron chi connectivity index (χ1n) is 10.5. The number of imidazole rings is 1. The number of anilines is 1. The molecule has 2 amide bonds. The number of aromatic amines is 1. The van der Waals surface area contributed by atoms with Gasteiger partial charge in [-0.05, 0) is 64.3 Å². The predicted molar refractivity (Wildman–Crippen MR) is 116 cm³/mol. The fourth-order valence-electron chi connectivity index (χ4n) is 4.62. The number of nitrogens with one attached hydrogen (secondary N) is 1. The number of carboxylic acids is 1. The first-order chi connectivity index (χ1) is 15.0. The number of hydrogen-bond donors (Lipinski definition) is 3.